The van der Waals surface area contributed by atoms with Crippen LogP contribution in [0.3, 0.4) is 0 Å². The van der Waals surface area contributed by atoms with Crippen molar-refractivity contribution < 1.29 is 14.6 Å². The number of nitrogens with one attached hydrogen (secondary N) is 1. The van der Waals surface area contributed by atoms with Gasteiger partial charge in [0, 0.05) is 9.90 Å². The SMILES string of the molecule is C[C@@](O)(CNC(=O)COc1ccc(Cl)cc1Cl)c1cccs1. The molecule has 0 aliphatic rings. The Morgan fingerprint density at radius 2 is 2.18 bits per heavy atom. The lowest BCUT2D eigenvalue weighted by atomic mass is 10.1. The van der Waals surface area contributed by atoms with E-state index in [4.69, 9.17) is 27.9 Å². The minimum absolute atomic E-state index is 0.101. The van der Waals surface area contributed by atoms with Gasteiger partial charge < -0.3 is 15.2 Å². The Balaban J connectivity index is 1.83. The van der Waals surface area contributed by atoms with Crippen LogP contribution in [0.25, 0.3) is 0 Å². The molecule has 22 heavy (non-hydrogen) atoms. The second-order valence-electron chi connectivity index (χ2n) is 4.89. The van der Waals surface area contributed by atoms with Crippen molar-refractivity contribution >= 4 is 40.4 Å². The summed E-state index contributed by atoms with van der Waals surface area (Å²) in [4.78, 5) is 12.6. The maximum Gasteiger partial charge on any atom is 0.258 e. The minimum Gasteiger partial charge on any atom is -0.482 e. The first-order valence-electron chi connectivity index (χ1n) is 6.49. The van der Waals surface area contributed by atoms with Crippen molar-refractivity contribution in [3.8, 4) is 5.75 Å². The molecule has 2 aromatic rings. The van der Waals surface area contributed by atoms with Crippen molar-refractivity contribution in [2.45, 2.75) is 12.5 Å². The molecule has 2 N–H and O–H groups in total. The van der Waals surface area contributed by atoms with E-state index < -0.39 is 5.60 Å². The van der Waals surface area contributed by atoms with Crippen LogP contribution in [0.1, 0.15) is 11.8 Å². The van der Waals surface area contributed by atoms with Crippen LogP contribution in [-0.2, 0) is 10.4 Å². The monoisotopic (exact) mass is 359 g/mol. The Labute approximate surface area is 142 Å². The second kappa shape index (κ2) is 7.33. The van der Waals surface area contributed by atoms with E-state index in [-0.39, 0.29) is 19.1 Å². The molecule has 2 rings (SSSR count). The number of amides is 1. The lowest BCUT2D eigenvalue weighted by Crippen LogP contribution is -2.40. The lowest BCUT2D eigenvalue weighted by molar-refractivity contribution is -0.124. The zero-order valence-corrected chi connectivity index (χ0v) is 14.1. The smallest absolute Gasteiger partial charge is 0.258 e. The van der Waals surface area contributed by atoms with Crippen molar-refractivity contribution in [2.75, 3.05) is 13.2 Å². The number of halogens is 2. The molecule has 0 radical (unpaired) electrons. The van der Waals surface area contributed by atoms with E-state index in [1.807, 2.05) is 17.5 Å². The molecule has 0 spiro atoms. The molecule has 7 heteroatoms. The molecule has 0 saturated carbocycles. The van der Waals surface area contributed by atoms with Crippen LogP contribution in [0.4, 0.5) is 0 Å². The molecule has 0 aliphatic carbocycles. The Bertz CT molecular complexity index is 644. The Morgan fingerprint density at radius 1 is 1.41 bits per heavy atom. The third-order valence-corrected chi connectivity index (χ3v) is 4.59. The van der Waals surface area contributed by atoms with E-state index in [1.165, 1.54) is 17.4 Å². The zero-order chi connectivity index (χ0) is 16.2. The summed E-state index contributed by atoms with van der Waals surface area (Å²) in [5.74, 6) is 0.0362. The molecule has 0 fully saturated rings. The number of ether oxygens (including phenoxy) is 1. The highest BCUT2D eigenvalue weighted by Gasteiger charge is 2.24. The third-order valence-electron chi connectivity index (χ3n) is 2.93. The van der Waals surface area contributed by atoms with Crippen LogP contribution in [0, 0.1) is 0 Å². The van der Waals surface area contributed by atoms with E-state index in [0.717, 1.165) is 4.88 Å². The van der Waals surface area contributed by atoms with Crippen molar-refractivity contribution in [2.24, 2.45) is 0 Å². The highest BCUT2D eigenvalue weighted by molar-refractivity contribution is 7.10. The first-order chi connectivity index (χ1) is 10.4. The zero-order valence-electron chi connectivity index (χ0n) is 11.8. The molecule has 0 unspecified atom stereocenters. The summed E-state index contributed by atoms with van der Waals surface area (Å²) in [6.45, 7) is 1.56. The highest BCUT2D eigenvalue weighted by Crippen LogP contribution is 2.27. The molecule has 1 aromatic carbocycles. The first-order valence-corrected chi connectivity index (χ1v) is 8.13. The Kier molecular flexibility index (Phi) is 5.69. The van der Waals surface area contributed by atoms with Gasteiger partial charge in [0.15, 0.2) is 6.61 Å². The summed E-state index contributed by atoms with van der Waals surface area (Å²) in [6.07, 6.45) is 0. The van der Waals surface area contributed by atoms with E-state index in [2.05, 4.69) is 5.32 Å². The van der Waals surface area contributed by atoms with Gasteiger partial charge in [-0.1, -0.05) is 29.3 Å². The summed E-state index contributed by atoms with van der Waals surface area (Å²) in [5, 5.41) is 15.6. The van der Waals surface area contributed by atoms with Crippen LogP contribution in [0.15, 0.2) is 35.7 Å². The fraction of sp³-hybridized carbons (Fsp3) is 0.267. The molecule has 4 nitrogen and oxygen atoms in total. The van der Waals surface area contributed by atoms with Gasteiger partial charge in [-0.25, -0.2) is 0 Å². The van der Waals surface area contributed by atoms with Crippen molar-refractivity contribution in [1.29, 1.82) is 0 Å². The van der Waals surface area contributed by atoms with Crippen molar-refractivity contribution in [3.05, 3.63) is 50.6 Å². The number of thiophene rings is 1. The van der Waals surface area contributed by atoms with Crippen LogP contribution in [-0.4, -0.2) is 24.2 Å². The van der Waals surface area contributed by atoms with Crippen LogP contribution in [0.2, 0.25) is 10.0 Å². The molecule has 118 valence electrons. The summed E-state index contributed by atoms with van der Waals surface area (Å²) >= 11 is 13.2. The number of carbonyl (C=O) groups excluding carboxylic acids is 1. The molecule has 0 aliphatic heterocycles. The van der Waals surface area contributed by atoms with Crippen LogP contribution < -0.4 is 10.1 Å². The summed E-state index contributed by atoms with van der Waals surface area (Å²) in [6, 6.07) is 8.43. The lowest BCUT2D eigenvalue weighted by Gasteiger charge is -2.22. The van der Waals surface area contributed by atoms with Gasteiger partial charge in [-0.05, 0) is 36.6 Å². The van der Waals surface area contributed by atoms with Gasteiger partial charge >= 0.3 is 0 Å². The average Bonchev–Trinajstić information content (AvgIpc) is 2.99. The number of hydrogen-bond donors (Lipinski definition) is 2. The Hall–Kier alpha value is -1.27. The van der Waals surface area contributed by atoms with Crippen LogP contribution >= 0.6 is 34.5 Å². The molecule has 1 atom stereocenters. The molecule has 1 heterocycles. The second-order valence-corrected chi connectivity index (χ2v) is 6.68. The standard InChI is InChI=1S/C15H15Cl2NO3S/c1-15(20,13-3-2-6-22-13)9-18-14(19)8-21-12-5-4-10(16)7-11(12)17/h2-7,20H,8-9H2,1H3,(H,18,19)/t15-/m1/s1. The van der Waals surface area contributed by atoms with Gasteiger partial charge in [-0.15, -0.1) is 11.3 Å². The number of benzene rings is 1. The third kappa shape index (κ3) is 4.61. The summed E-state index contributed by atoms with van der Waals surface area (Å²) in [7, 11) is 0. The Morgan fingerprint density at radius 3 is 2.82 bits per heavy atom. The predicted octanol–water partition coefficient (Wildman–Crippen LogP) is 3.46. The quantitative estimate of drug-likeness (QED) is 0.830. The van der Waals surface area contributed by atoms with Gasteiger partial charge in [0.05, 0.1) is 11.6 Å². The van der Waals surface area contributed by atoms with Crippen molar-refractivity contribution in [1.82, 2.24) is 5.32 Å². The van der Waals surface area contributed by atoms with E-state index in [1.54, 1.807) is 19.1 Å². The molecule has 0 saturated heterocycles. The van der Waals surface area contributed by atoms with E-state index in [9.17, 15) is 9.90 Å². The molecular formula is C15H15Cl2NO3S. The van der Waals surface area contributed by atoms with Gasteiger partial charge in [-0.3, -0.25) is 4.79 Å². The van der Waals surface area contributed by atoms with Crippen LogP contribution in [0.5, 0.6) is 5.75 Å². The van der Waals surface area contributed by atoms with Gasteiger partial charge in [0.1, 0.15) is 11.4 Å². The van der Waals surface area contributed by atoms with Crippen molar-refractivity contribution in [3.63, 3.8) is 0 Å². The maximum atomic E-state index is 11.8. The number of aliphatic hydroxyl groups is 1. The van der Waals surface area contributed by atoms with Gasteiger partial charge in [-0.2, -0.15) is 0 Å². The summed E-state index contributed by atoms with van der Waals surface area (Å²) in [5.41, 5.74) is -1.11. The predicted molar refractivity (Wildman–Crippen MR) is 88.9 cm³/mol. The number of carbonyl (C=O) groups is 1. The normalized spacial score (nSPS) is 13.5. The van der Waals surface area contributed by atoms with Gasteiger partial charge in [0.25, 0.3) is 5.91 Å². The minimum atomic E-state index is -1.11. The number of hydrogen-bond acceptors (Lipinski definition) is 4. The largest absolute Gasteiger partial charge is 0.482 e. The molecule has 0 bridgehead atoms. The maximum absolute atomic E-state index is 11.8. The van der Waals surface area contributed by atoms with E-state index in [0.29, 0.717) is 15.8 Å². The number of rotatable bonds is 6. The highest BCUT2D eigenvalue weighted by atomic mass is 35.5. The topological polar surface area (TPSA) is 58.6 Å². The van der Waals surface area contributed by atoms with E-state index >= 15 is 0 Å². The van der Waals surface area contributed by atoms with Gasteiger partial charge in [0.2, 0.25) is 0 Å². The summed E-state index contributed by atoms with van der Waals surface area (Å²) < 4.78 is 5.33. The average molecular weight is 360 g/mol. The first kappa shape index (κ1) is 17.1. The molecule has 1 amide bonds. The molecular weight excluding hydrogens is 345 g/mol. The fourth-order valence-electron chi connectivity index (χ4n) is 1.73. The fourth-order valence-corrected chi connectivity index (χ4v) is 2.98. The molecule has 1 aromatic heterocycles.